The minimum absolute atomic E-state index is 0.00668. The summed E-state index contributed by atoms with van der Waals surface area (Å²) in [5.74, 6) is -2.43. The number of aliphatic hydroxyl groups is 1. The molecule has 2 aromatic heterocycles. The Hall–Kier alpha value is -3.78. The molecular formula is C25H16BrFN2O4. The van der Waals surface area contributed by atoms with E-state index in [0.29, 0.717) is 22.1 Å². The Morgan fingerprint density at radius 3 is 2.67 bits per heavy atom. The minimum atomic E-state index is -0.925. The van der Waals surface area contributed by atoms with Crippen molar-refractivity contribution < 1.29 is 23.5 Å². The Bertz CT molecular complexity index is 1410. The molecule has 8 heteroatoms. The molecule has 1 atom stereocenters. The summed E-state index contributed by atoms with van der Waals surface area (Å²) in [6.07, 6.45) is 3.21. The predicted octanol–water partition coefficient (Wildman–Crippen LogP) is 5.51. The number of hydrogen-bond donors (Lipinski definition) is 1. The average molecular weight is 507 g/mol. The summed E-state index contributed by atoms with van der Waals surface area (Å²) in [6, 6.07) is 14.9. The number of halogens is 2. The zero-order chi connectivity index (χ0) is 23.1. The van der Waals surface area contributed by atoms with Gasteiger partial charge in [-0.15, -0.1) is 0 Å². The molecule has 33 heavy (non-hydrogen) atoms. The normalized spacial score (nSPS) is 16.1. The van der Waals surface area contributed by atoms with E-state index in [1.165, 1.54) is 29.2 Å². The third kappa shape index (κ3) is 3.82. The van der Waals surface area contributed by atoms with Gasteiger partial charge in [-0.05, 0) is 53.6 Å². The molecule has 3 heterocycles. The molecule has 0 saturated carbocycles. The van der Waals surface area contributed by atoms with Crippen LogP contribution in [0.15, 0.2) is 93.3 Å². The zero-order valence-corrected chi connectivity index (χ0v) is 18.6. The summed E-state index contributed by atoms with van der Waals surface area (Å²) < 4.78 is 20.1. The first-order valence-electron chi connectivity index (χ1n) is 10.0. The summed E-state index contributed by atoms with van der Waals surface area (Å²) in [7, 11) is 0. The van der Waals surface area contributed by atoms with Gasteiger partial charge in [-0.2, -0.15) is 0 Å². The number of amides is 1. The van der Waals surface area contributed by atoms with Gasteiger partial charge in [0.1, 0.15) is 11.4 Å². The van der Waals surface area contributed by atoms with Gasteiger partial charge in [-0.25, -0.2) is 4.39 Å². The molecule has 0 aliphatic carbocycles. The van der Waals surface area contributed by atoms with Gasteiger partial charge in [0.2, 0.25) is 5.78 Å². The van der Waals surface area contributed by atoms with Crippen LogP contribution in [0.2, 0.25) is 0 Å². The molecule has 5 rings (SSSR count). The highest BCUT2D eigenvalue weighted by Crippen LogP contribution is 2.40. The van der Waals surface area contributed by atoms with Gasteiger partial charge in [0.25, 0.3) is 5.91 Å². The van der Waals surface area contributed by atoms with Crippen LogP contribution in [0, 0.1) is 5.82 Å². The lowest BCUT2D eigenvalue weighted by Gasteiger charge is -2.26. The first-order valence-corrected chi connectivity index (χ1v) is 10.8. The van der Waals surface area contributed by atoms with Gasteiger partial charge in [0.15, 0.2) is 11.5 Å². The Kier molecular flexibility index (Phi) is 5.30. The van der Waals surface area contributed by atoms with E-state index in [1.54, 1.807) is 48.8 Å². The van der Waals surface area contributed by atoms with E-state index in [0.717, 1.165) is 4.47 Å². The number of aromatic nitrogens is 1. The second-order valence-corrected chi connectivity index (χ2v) is 8.55. The van der Waals surface area contributed by atoms with Crippen molar-refractivity contribution in [1.29, 1.82) is 0 Å². The van der Waals surface area contributed by atoms with Crippen LogP contribution in [0.3, 0.4) is 0 Å². The molecule has 4 aromatic rings. The standard InChI is InChI=1S/C25H16BrFN2O4/c26-17-5-8-19-16(10-17)11-20(33-19)23(30)21-22(15-3-6-18(27)7-4-15)29(25(32)24(21)31)13-14-2-1-9-28-12-14/h1-12,22,31H,13H2. The van der Waals surface area contributed by atoms with Crippen molar-refractivity contribution in [3.8, 4) is 0 Å². The number of pyridine rings is 1. The number of aliphatic hydroxyl groups excluding tert-OH is 1. The first kappa shape index (κ1) is 21.1. The number of carbonyl (C=O) groups excluding carboxylic acids is 2. The van der Waals surface area contributed by atoms with Gasteiger partial charge >= 0.3 is 0 Å². The van der Waals surface area contributed by atoms with Crippen LogP contribution in [0.1, 0.15) is 27.7 Å². The van der Waals surface area contributed by atoms with Crippen LogP contribution < -0.4 is 0 Å². The highest BCUT2D eigenvalue weighted by atomic mass is 79.9. The molecular weight excluding hydrogens is 491 g/mol. The lowest BCUT2D eigenvalue weighted by Crippen LogP contribution is -2.30. The molecule has 0 spiro atoms. The number of ketones is 1. The van der Waals surface area contributed by atoms with E-state index in [2.05, 4.69) is 20.9 Å². The molecule has 1 aliphatic heterocycles. The summed E-state index contributed by atoms with van der Waals surface area (Å²) in [5.41, 5.74) is 1.58. The van der Waals surface area contributed by atoms with E-state index < -0.39 is 29.3 Å². The molecule has 0 radical (unpaired) electrons. The van der Waals surface area contributed by atoms with Crippen LogP contribution in [0.25, 0.3) is 11.0 Å². The van der Waals surface area contributed by atoms with E-state index >= 15 is 0 Å². The second kappa shape index (κ2) is 8.29. The Morgan fingerprint density at radius 2 is 1.94 bits per heavy atom. The van der Waals surface area contributed by atoms with Crippen molar-refractivity contribution in [1.82, 2.24) is 9.88 Å². The highest BCUT2D eigenvalue weighted by molar-refractivity contribution is 9.10. The highest BCUT2D eigenvalue weighted by Gasteiger charge is 2.44. The fourth-order valence-electron chi connectivity index (χ4n) is 3.99. The van der Waals surface area contributed by atoms with Crippen molar-refractivity contribution in [2.45, 2.75) is 12.6 Å². The molecule has 0 fully saturated rings. The Labute approximate surface area is 196 Å². The molecule has 164 valence electrons. The van der Waals surface area contributed by atoms with Crippen molar-refractivity contribution in [3.63, 3.8) is 0 Å². The molecule has 1 aliphatic rings. The largest absolute Gasteiger partial charge is 0.503 e. The maximum Gasteiger partial charge on any atom is 0.290 e. The number of Topliss-reactive ketones (excluding diaryl/α,β-unsaturated/α-hetero) is 1. The molecule has 1 amide bonds. The molecule has 6 nitrogen and oxygen atoms in total. The topological polar surface area (TPSA) is 83.6 Å². The fraction of sp³-hybridized carbons (Fsp3) is 0.0800. The number of carbonyl (C=O) groups is 2. The monoisotopic (exact) mass is 506 g/mol. The van der Waals surface area contributed by atoms with Gasteiger partial charge in [-0.1, -0.05) is 34.1 Å². The summed E-state index contributed by atoms with van der Waals surface area (Å²) >= 11 is 3.38. The third-order valence-corrected chi connectivity index (χ3v) is 6.01. The van der Waals surface area contributed by atoms with Crippen LogP contribution in [0.5, 0.6) is 0 Å². The molecule has 1 N–H and O–H groups in total. The van der Waals surface area contributed by atoms with Crippen molar-refractivity contribution >= 4 is 38.6 Å². The summed E-state index contributed by atoms with van der Waals surface area (Å²) in [4.78, 5) is 32.0. The number of furan rings is 1. The Balaban J connectivity index is 1.60. The first-order chi connectivity index (χ1) is 15.9. The second-order valence-electron chi connectivity index (χ2n) is 7.63. The van der Waals surface area contributed by atoms with Crippen LogP contribution in [-0.2, 0) is 11.3 Å². The Morgan fingerprint density at radius 1 is 1.15 bits per heavy atom. The van der Waals surface area contributed by atoms with E-state index in [-0.39, 0.29) is 17.9 Å². The van der Waals surface area contributed by atoms with Gasteiger partial charge < -0.3 is 14.4 Å². The quantitative estimate of drug-likeness (QED) is 0.361. The number of rotatable bonds is 5. The zero-order valence-electron chi connectivity index (χ0n) is 17.0. The van der Waals surface area contributed by atoms with E-state index in [4.69, 9.17) is 4.42 Å². The van der Waals surface area contributed by atoms with E-state index in [9.17, 15) is 19.1 Å². The number of nitrogens with zero attached hydrogens (tertiary/aromatic N) is 2. The average Bonchev–Trinajstić information content (AvgIpc) is 3.34. The molecule has 2 aromatic carbocycles. The van der Waals surface area contributed by atoms with Crippen molar-refractivity contribution in [2.75, 3.05) is 0 Å². The molecule has 1 unspecified atom stereocenters. The third-order valence-electron chi connectivity index (χ3n) is 5.51. The van der Waals surface area contributed by atoms with Crippen LogP contribution in [-0.4, -0.2) is 26.7 Å². The molecule has 0 bridgehead atoms. The number of benzene rings is 2. The van der Waals surface area contributed by atoms with Crippen molar-refractivity contribution in [2.24, 2.45) is 0 Å². The minimum Gasteiger partial charge on any atom is -0.503 e. The van der Waals surface area contributed by atoms with Gasteiger partial charge in [-0.3, -0.25) is 14.6 Å². The fourth-order valence-corrected chi connectivity index (χ4v) is 4.37. The van der Waals surface area contributed by atoms with Gasteiger partial charge in [0.05, 0.1) is 11.6 Å². The van der Waals surface area contributed by atoms with Crippen LogP contribution in [0.4, 0.5) is 4.39 Å². The predicted molar refractivity (Wildman–Crippen MR) is 122 cm³/mol. The lowest BCUT2D eigenvalue weighted by atomic mass is 9.95. The maximum atomic E-state index is 13.6. The van der Waals surface area contributed by atoms with E-state index in [1.807, 2.05) is 0 Å². The number of hydrogen-bond acceptors (Lipinski definition) is 5. The number of fused-ring (bicyclic) bond motifs is 1. The lowest BCUT2D eigenvalue weighted by molar-refractivity contribution is -0.130. The molecule has 0 saturated heterocycles. The summed E-state index contributed by atoms with van der Waals surface area (Å²) in [5, 5.41) is 11.5. The van der Waals surface area contributed by atoms with Gasteiger partial charge in [0, 0.05) is 28.8 Å². The van der Waals surface area contributed by atoms with Crippen molar-refractivity contribution in [3.05, 3.63) is 112 Å². The summed E-state index contributed by atoms with van der Waals surface area (Å²) in [6.45, 7) is 0.0998. The van der Waals surface area contributed by atoms with Crippen LogP contribution >= 0.6 is 15.9 Å². The smallest absolute Gasteiger partial charge is 0.290 e. The SMILES string of the molecule is O=C(C1=C(O)C(=O)N(Cc2cccnc2)C1c1ccc(F)cc1)c1cc2cc(Br)ccc2o1. The maximum absolute atomic E-state index is 13.6.